The number of imide groups is 1. The number of nitrogens with zero attached hydrogens (tertiary/aromatic N) is 1. The van der Waals surface area contributed by atoms with E-state index < -0.39 is 23.2 Å². The smallest absolute Gasteiger partial charge is 0.312 e. The van der Waals surface area contributed by atoms with E-state index >= 15 is 0 Å². The van der Waals surface area contributed by atoms with Gasteiger partial charge in [0.05, 0.1) is 31.1 Å². The van der Waals surface area contributed by atoms with Crippen LogP contribution < -0.4 is 25.8 Å². The fourth-order valence-electron chi connectivity index (χ4n) is 3.85. The van der Waals surface area contributed by atoms with Crippen LogP contribution in [0.1, 0.15) is 36.1 Å². The molecule has 0 spiro atoms. The number of ether oxygens (including phenoxy) is 2. The SMILES string of the molecule is CCOc1ccc(/C=C2/SC(=O)N(CCNC(=O)CC(NC(N)=O)c3ccccc3C)C2=O)cc1OC. The summed E-state index contributed by atoms with van der Waals surface area (Å²) < 4.78 is 10.8. The number of hydrogen-bond acceptors (Lipinski definition) is 7. The Morgan fingerprint density at radius 1 is 1.16 bits per heavy atom. The number of nitrogens with two attached hydrogens (primary N) is 1. The number of hydrogen-bond donors (Lipinski definition) is 3. The summed E-state index contributed by atoms with van der Waals surface area (Å²) in [6, 6.07) is 11.3. The molecule has 2 aromatic rings. The first-order valence-electron chi connectivity index (χ1n) is 11.7. The highest BCUT2D eigenvalue weighted by Crippen LogP contribution is 2.34. The minimum absolute atomic E-state index is 0.0125. The zero-order valence-electron chi connectivity index (χ0n) is 20.9. The standard InChI is InChI=1S/C26H30N4O6S/c1-4-36-20-10-9-17(13-21(20)35-3)14-22-24(32)30(26(34)37-22)12-11-28-23(31)15-19(29-25(27)33)18-8-6-5-7-16(18)2/h5-10,13-14,19H,4,11-12,15H2,1-3H3,(H,28,31)(H3,27,29,33)/b22-14+. The summed E-state index contributed by atoms with van der Waals surface area (Å²) >= 11 is 0.832. The van der Waals surface area contributed by atoms with Gasteiger partial charge in [0, 0.05) is 13.1 Å². The lowest BCUT2D eigenvalue weighted by molar-refractivity contribution is -0.124. The summed E-state index contributed by atoms with van der Waals surface area (Å²) in [5.74, 6) is 0.310. The molecule has 0 aromatic heterocycles. The van der Waals surface area contributed by atoms with Gasteiger partial charge in [-0.15, -0.1) is 0 Å². The normalized spacial score (nSPS) is 15.0. The maximum Gasteiger partial charge on any atom is 0.312 e. The number of urea groups is 1. The molecule has 1 saturated heterocycles. The summed E-state index contributed by atoms with van der Waals surface area (Å²) in [6.45, 7) is 4.31. The van der Waals surface area contributed by atoms with Gasteiger partial charge in [-0.2, -0.15) is 0 Å². The number of rotatable bonds is 11. The van der Waals surface area contributed by atoms with Crippen molar-refractivity contribution < 1.29 is 28.7 Å². The number of amides is 5. The minimum atomic E-state index is -0.740. The van der Waals surface area contributed by atoms with Crippen LogP contribution in [0.15, 0.2) is 47.4 Å². The summed E-state index contributed by atoms with van der Waals surface area (Å²) in [5.41, 5.74) is 7.66. The Morgan fingerprint density at radius 2 is 1.92 bits per heavy atom. The predicted molar refractivity (Wildman–Crippen MR) is 141 cm³/mol. The van der Waals surface area contributed by atoms with Crippen LogP contribution in [0.5, 0.6) is 11.5 Å². The van der Waals surface area contributed by atoms with E-state index in [0.717, 1.165) is 27.8 Å². The molecule has 0 bridgehead atoms. The topological polar surface area (TPSA) is 140 Å². The van der Waals surface area contributed by atoms with Crippen LogP contribution in [0, 0.1) is 6.92 Å². The molecule has 4 N–H and O–H groups in total. The van der Waals surface area contributed by atoms with E-state index in [1.54, 1.807) is 24.3 Å². The zero-order chi connectivity index (χ0) is 26.9. The fourth-order valence-corrected chi connectivity index (χ4v) is 4.71. The van der Waals surface area contributed by atoms with Crippen LogP contribution in [-0.4, -0.2) is 54.8 Å². The van der Waals surface area contributed by atoms with E-state index in [1.165, 1.54) is 7.11 Å². The van der Waals surface area contributed by atoms with Crippen molar-refractivity contribution in [3.8, 4) is 11.5 Å². The maximum absolute atomic E-state index is 12.8. The van der Waals surface area contributed by atoms with Crippen molar-refractivity contribution in [1.29, 1.82) is 0 Å². The van der Waals surface area contributed by atoms with E-state index in [-0.39, 0.29) is 30.3 Å². The Bertz CT molecular complexity index is 1220. The van der Waals surface area contributed by atoms with Gasteiger partial charge >= 0.3 is 6.03 Å². The lowest BCUT2D eigenvalue weighted by atomic mass is 9.98. The molecule has 2 aromatic carbocycles. The summed E-state index contributed by atoms with van der Waals surface area (Å²) in [5, 5.41) is 4.88. The molecule has 37 heavy (non-hydrogen) atoms. The monoisotopic (exact) mass is 526 g/mol. The molecule has 1 heterocycles. The molecule has 1 atom stereocenters. The van der Waals surface area contributed by atoms with Gasteiger partial charge in [0.1, 0.15) is 0 Å². The van der Waals surface area contributed by atoms with Gasteiger partial charge in [0.2, 0.25) is 5.91 Å². The third kappa shape index (κ3) is 7.26. The molecule has 196 valence electrons. The number of carbonyl (C=O) groups excluding carboxylic acids is 4. The number of nitrogens with one attached hydrogen (secondary N) is 2. The summed E-state index contributed by atoms with van der Waals surface area (Å²) in [6.07, 6.45) is 1.57. The number of benzene rings is 2. The van der Waals surface area contributed by atoms with Crippen molar-refractivity contribution in [2.75, 3.05) is 26.8 Å². The Labute approximate surface area is 219 Å². The van der Waals surface area contributed by atoms with Crippen LogP contribution in [0.3, 0.4) is 0 Å². The molecule has 0 saturated carbocycles. The minimum Gasteiger partial charge on any atom is -0.493 e. The Balaban J connectivity index is 1.59. The Morgan fingerprint density at radius 3 is 2.59 bits per heavy atom. The molecule has 10 nitrogen and oxygen atoms in total. The zero-order valence-corrected chi connectivity index (χ0v) is 21.7. The van der Waals surface area contributed by atoms with E-state index in [9.17, 15) is 19.2 Å². The summed E-state index contributed by atoms with van der Waals surface area (Å²) in [7, 11) is 1.52. The second kappa shape index (κ2) is 12.8. The molecule has 5 amide bonds. The summed E-state index contributed by atoms with van der Waals surface area (Å²) in [4.78, 5) is 50.7. The molecule has 0 aliphatic carbocycles. The van der Waals surface area contributed by atoms with Crippen molar-refractivity contribution in [3.05, 3.63) is 64.1 Å². The molecule has 1 fully saturated rings. The van der Waals surface area contributed by atoms with Crippen LogP contribution in [0.25, 0.3) is 6.08 Å². The lowest BCUT2D eigenvalue weighted by Crippen LogP contribution is -2.40. The van der Waals surface area contributed by atoms with E-state index in [0.29, 0.717) is 23.7 Å². The van der Waals surface area contributed by atoms with E-state index in [2.05, 4.69) is 10.6 Å². The van der Waals surface area contributed by atoms with Crippen LogP contribution >= 0.6 is 11.8 Å². The highest BCUT2D eigenvalue weighted by atomic mass is 32.2. The van der Waals surface area contributed by atoms with E-state index in [1.807, 2.05) is 38.1 Å². The third-order valence-electron chi connectivity index (χ3n) is 5.59. The van der Waals surface area contributed by atoms with Gasteiger partial charge in [-0.3, -0.25) is 19.3 Å². The first-order valence-corrected chi connectivity index (χ1v) is 12.5. The average Bonchev–Trinajstić information content (AvgIpc) is 3.12. The molecule has 1 unspecified atom stereocenters. The Kier molecular flexibility index (Phi) is 9.56. The number of aryl methyl sites for hydroxylation is 1. The molecular weight excluding hydrogens is 496 g/mol. The molecule has 1 aliphatic heterocycles. The average molecular weight is 527 g/mol. The molecule has 3 rings (SSSR count). The first kappa shape index (κ1) is 27.6. The van der Waals surface area contributed by atoms with Crippen molar-refractivity contribution in [2.45, 2.75) is 26.3 Å². The highest BCUT2D eigenvalue weighted by molar-refractivity contribution is 8.18. The highest BCUT2D eigenvalue weighted by Gasteiger charge is 2.34. The maximum atomic E-state index is 12.8. The fraction of sp³-hybridized carbons (Fsp3) is 0.308. The van der Waals surface area contributed by atoms with Crippen molar-refractivity contribution in [1.82, 2.24) is 15.5 Å². The van der Waals surface area contributed by atoms with Gasteiger partial charge in [-0.1, -0.05) is 30.3 Å². The second-order valence-electron chi connectivity index (χ2n) is 8.15. The molecule has 1 aliphatic rings. The molecule has 0 radical (unpaired) electrons. The quantitative estimate of drug-likeness (QED) is 0.382. The number of thioether (sulfide) groups is 1. The first-order chi connectivity index (χ1) is 17.7. The van der Waals surface area contributed by atoms with Gasteiger partial charge in [0.25, 0.3) is 11.1 Å². The largest absolute Gasteiger partial charge is 0.493 e. The molecular formula is C26H30N4O6S. The molecule has 11 heteroatoms. The van der Waals surface area contributed by atoms with Crippen molar-refractivity contribution in [2.24, 2.45) is 5.73 Å². The van der Waals surface area contributed by atoms with Crippen LogP contribution in [-0.2, 0) is 9.59 Å². The second-order valence-corrected chi connectivity index (χ2v) is 9.14. The van der Waals surface area contributed by atoms with Gasteiger partial charge in [-0.25, -0.2) is 4.79 Å². The third-order valence-corrected chi connectivity index (χ3v) is 6.49. The van der Waals surface area contributed by atoms with Crippen LogP contribution in [0.4, 0.5) is 9.59 Å². The van der Waals surface area contributed by atoms with E-state index in [4.69, 9.17) is 15.2 Å². The van der Waals surface area contributed by atoms with Gasteiger partial charge in [-0.05, 0) is 60.5 Å². The Hall–Kier alpha value is -3.99. The van der Waals surface area contributed by atoms with Gasteiger partial charge in [0.15, 0.2) is 11.5 Å². The lowest BCUT2D eigenvalue weighted by Gasteiger charge is -2.20. The number of carbonyl (C=O) groups is 4. The van der Waals surface area contributed by atoms with Crippen molar-refractivity contribution >= 4 is 40.9 Å². The van der Waals surface area contributed by atoms with Gasteiger partial charge < -0.3 is 25.8 Å². The van der Waals surface area contributed by atoms with Crippen molar-refractivity contribution in [3.63, 3.8) is 0 Å². The van der Waals surface area contributed by atoms with Crippen LogP contribution in [0.2, 0.25) is 0 Å². The number of primary amides is 1. The predicted octanol–water partition coefficient (Wildman–Crippen LogP) is 3.35. The number of methoxy groups -OCH3 is 1.